The van der Waals surface area contributed by atoms with E-state index in [0.29, 0.717) is 12.1 Å². The van der Waals surface area contributed by atoms with Crippen LogP contribution < -0.4 is 16.4 Å². The quantitative estimate of drug-likeness (QED) is 0.541. The van der Waals surface area contributed by atoms with Gasteiger partial charge in [-0.15, -0.1) is 0 Å². The van der Waals surface area contributed by atoms with Gasteiger partial charge < -0.3 is 16.4 Å². The topological polar surface area (TPSA) is 82.7 Å². The molecule has 25 heavy (non-hydrogen) atoms. The first-order valence-corrected chi connectivity index (χ1v) is 9.01. The Morgan fingerprint density at radius 2 is 1.96 bits per heavy atom. The average Bonchev–Trinajstić information content (AvgIpc) is 2.63. The lowest BCUT2D eigenvalue weighted by atomic mass is 9.98. The van der Waals surface area contributed by atoms with Gasteiger partial charge in [-0.25, -0.2) is 0 Å². The molecule has 0 spiro atoms. The van der Waals surface area contributed by atoms with Crippen molar-refractivity contribution in [2.45, 2.75) is 45.2 Å². The molecule has 0 aromatic heterocycles. The maximum atomic E-state index is 11.3. The summed E-state index contributed by atoms with van der Waals surface area (Å²) < 4.78 is 0. The van der Waals surface area contributed by atoms with Crippen molar-refractivity contribution in [3.8, 4) is 0 Å². The van der Waals surface area contributed by atoms with Crippen LogP contribution >= 0.6 is 0 Å². The highest BCUT2D eigenvalue weighted by Crippen LogP contribution is 2.19. The Hall–Kier alpha value is -2.08. The number of guanidine groups is 1. The number of benzene rings is 1. The van der Waals surface area contributed by atoms with Gasteiger partial charge in [-0.3, -0.25) is 14.7 Å². The number of nitrogens with one attached hydrogen (secondary N) is 2. The van der Waals surface area contributed by atoms with E-state index >= 15 is 0 Å². The number of aliphatic imine (C=N–C) groups is 1. The van der Waals surface area contributed by atoms with E-state index in [9.17, 15) is 4.79 Å². The van der Waals surface area contributed by atoms with Crippen molar-refractivity contribution in [2.24, 2.45) is 10.7 Å². The Balaban J connectivity index is 1.86. The second-order valence-corrected chi connectivity index (χ2v) is 7.20. The molecule has 1 saturated heterocycles. The van der Waals surface area contributed by atoms with Crippen molar-refractivity contribution in [1.29, 1.82) is 0 Å². The molecule has 1 aromatic rings. The van der Waals surface area contributed by atoms with Crippen molar-refractivity contribution in [3.63, 3.8) is 0 Å². The highest BCUT2D eigenvalue weighted by Gasteiger charge is 2.27. The second-order valence-electron chi connectivity index (χ2n) is 7.20. The molecule has 1 aliphatic rings. The first-order valence-electron chi connectivity index (χ1n) is 9.01. The third kappa shape index (κ3) is 5.74. The van der Waals surface area contributed by atoms with Gasteiger partial charge in [0.05, 0.1) is 0 Å². The van der Waals surface area contributed by atoms with E-state index in [4.69, 9.17) is 5.73 Å². The number of rotatable bonds is 6. The number of piperidine rings is 1. The van der Waals surface area contributed by atoms with Crippen LogP contribution in [0.2, 0.25) is 0 Å². The van der Waals surface area contributed by atoms with Gasteiger partial charge in [0.25, 0.3) is 0 Å². The Morgan fingerprint density at radius 1 is 1.24 bits per heavy atom. The van der Waals surface area contributed by atoms with Crippen LogP contribution in [0.25, 0.3) is 0 Å². The smallest absolute Gasteiger partial charge is 0.248 e. The summed E-state index contributed by atoms with van der Waals surface area (Å²) in [6.45, 7) is 8.30. The molecule has 1 aliphatic heterocycles. The van der Waals surface area contributed by atoms with Gasteiger partial charge in [0.2, 0.25) is 5.91 Å². The molecule has 138 valence electrons. The highest BCUT2D eigenvalue weighted by atomic mass is 16.1. The number of carbonyl (C=O) groups is 1. The van der Waals surface area contributed by atoms with Crippen LogP contribution in [0.4, 0.5) is 0 Å². The molecule has 4 N–H and O–H groups in total. The van der Waals surface area contributed by atoms with Gasteiger partial charge in [-0.1, -0.05) is 18.6 Å². The van der Waals surface area contributed by atoms with Crippen LogP contribution in [-0.4, -0.2) is 49.0 Å². The summed E-state index contributed by atoms with van der Waals surface area (Å²) in [6, 6.07) is 7.33. The van der Waals surface area contributed by atoms with Crippen molar-refractivity contribution < 1.29 is 4.79 Å². The Kier molecular flexibility index (Phi) is 6.82. The van der Waals surface area contributed by atoms with Crippen LogP contribution in [-0.2, 0) is 6.54 Å². The van der Waals surface area contributed by atoms with E-state index in [-0.39, 0.29) is 5.54 Å². The fourth-order valence-corrected chi connectivity index (χ4v) is 3.15. The van der Waals surface area contributed by atoms with Gasteiger partial charge in [-0.05, 0) is 57.5 Å². The number of carbonyl (C=O) groups excluding carboxylic acids is 1. The Morgan fingerprint density at radius 3 is 2.60 bits per heavy atom. The molecule has 1 fully saturated rings. The SMILES string of the molecule is CN=C(NCc1cccc(C(N)=O)c1)NCC(C)(C)N1CCCCC1. The fraction of sp³-hybridized carbons (Fsp3) is 0.579. The van der Waals surface area contributed by atoms with Gasteiger partial charge in [-0.2, -0.15) is 0 Å². The predicted molar refractivity (Wildman–Crippen MR) is 103 cm³/mol. The summed E-state index contributed by atoms with van der Waals surface area (Å²) in [5.41, 5.74) is 6.94. The first kappa shape index (κ1) is 19.2. The van der Waals surface area contributed by atoms with E-state index in [1.54, 1.807) is 19.2 Å². The van der Waals surface area contributed by atoms with Crippen LogP contribution in [0.5, 0.6) is 0 Å². The van der Waals surface area contributed by atoms with E-state index in [0.717, 1.165) is 18.1 Å². The number of primary amides is 1. The van der Waals surface area contributed by atoms with Gasteiger partial charge in [0, 0.05) is 31.2 Å². The van der Waals surface area contributed by atoms with E-state index in [1.165, 1.54) is 32.4 Å². The number of nitrogens with two attached hydrogens (primary N) is 1. The summed E-state index contributed by atoms with van der Waals surface area (Å²) in [5.74, 6) is 0.349. The molecule has 1 amide bonds. The summed E-state index contributed by atoms with van der Waals surface area (Å²) in [4.78, 5) is 18.1. The third-order valence-corrected chi connectivity index (χ3v) is 4.80. The zero-order valence-electron chi connectivity index (χ0n) is 15.6. The van der Waals surface area contributed by atoms with Gasteiger partial charge in [0.1, 0.15) is 0 Å². The van der Waals surface area contributed by atoms with E-state index in [1.807, 2.05) is 12.1 Å². The first-order chi connectivity index (χ1) is 11.9. The van der Waals surface area contributed by atoms with Crippen LogP contribution in [0, 0.1) is 0 Å². The molecule has 1 heterocycles. The van der Waals surface area contributed by atoms with E-state index in [2.05, 4.69) is 34.4 Å². The van der Waals surface area contributed by atoms with E-state index < -0.39 is 5.91 Å². The summed E-state index contributed by atoms with van der Waals surface area (Å²) in [6.07, 6.45) is 3.91. The fourth-order valence-electron chi connectivity index (χ4n) is 3.15. The summed E-state index contributed by atoms with van der Waals surface area (Å²) in [5, 5.41) is 6.72. The minimum atomic E-state index is -0.410. The molecule has 0 saturated carbocycles. The zero-order chi connectivity index (χ0) is 18.3. The molecule has 6 heteroatoms. The average molecular weight is 345 g/mol. The molecule has 0 atom stereocenters. The highest BCUT2D eigenvalue weighted by molar-refractivity contribution is 5.92. The minimum absolute atomic E-state index is 0.0872. The molecule has 0 aliphatic carbocycles. The number of hydrogen-bond acceptors (Lipinski definition) is 3. The molecule has 0 bridgehead atoms. The Bertz CT molecular complexity index is 606. The molecule has 2 rings (SSSR count). The van der Waals surface area contributed by atoms with Gasteiger partial charge in [0.15, 0.2) is 5.96 Å². The monoisotopic (exact) mass is 345 g/mol. The van der Waals surface area contributed by atoms with Crippen molar-refractivity contribution >= 4 is 11.9 Å². The molecule has 0 unspecified atom stereocenters. The second kappa shape index (κ2) is 8.85. The Labute approximate surface area is 150 Å². The largest absolute Gasteiger partial charge is 0.366 e. The third-order valence-electron chi connectivity index (χ3n) is 4.80. The molecular formula is C19H31N5O. The number of nitrogens with zero attached hydrogens (tertiary/aromatic N) is 2. The standard InChI is InChI=1S/C19H31N5O/c1-19(2,24-10-5-4-6-11-24)14-23-18(21-3)22-13-15-8-7-9-16(12-15)17(20)25/h7-9,12H,4-6,10-11,13-14H2,1-3H3,(H2,20,25)(H2,21,22,23). The zero-order valence-corrected chi connectivity index (χ0v) is 15.6. The lowest BCUT2D eigenvalue weighted by Crippen LogP contribution is -2.54. The van der Waals surface area contributed by atoms with Gasteiger partial charge >= 0.3 is 0 Å². The number of likely N-dealkylation sites (tertiary alicyclic amines) is 1. The predicted octanol–water partition coefficient (Wildman–Crippen LogP) is 1.71. The number of hydrogen-bond donors (Lipinski definition) is 3. The molecule has 1 aromatic carbocycles. The van der Waals surface area contributed by atoms with Crippen molar-refractivity contribution in [2.75, 3.05) is 26.7 Å². The summed E-state index contributed by atoms with van der Waals surface area (Å²) >= 11 is 0. The molecule has 6 nitrogen and oxygen atoms in total. The molecular weight excluding hydrogens is 314 g/mol. The van der Waals surface area contributed by atoms with Crippen molar-refractivity contribution in [1.82, 2.24) is 15.5 Å². The van der Waals surface area contributed by atoms with Crippen LogP contribution in [0.3, 0.4) is 0 Å². The maximum Gasteiger partial charge on any atom is 0.248 e. The lowest BCUT2D eigenvalue weighted by Gasteiger charge is -2.41. The van der Waals surface area contributed by atoms with Crippen molar-refractivity contribution in [3.05, 3.63) is 35.4 Å². The normalized spacial score (nSPS) is 16.5. The summed E-state index contributed by atoms with van der Waals surface area (Å²) in [7, 11) is 1.77. The van der Waals surface area contributed by atoms with Crippen LogP contribution in [0.15, 0.2) is 29.3 Å². The molecule has 0 radical (unpaired) electrons. The maximum absolute atomic E-state index is 11.3. The number of amides is 1. The van der Waals surface area contributed by atoms with Crippen LogP contribution in [0.1, 0.15) is 49.0 Å². The minimum Gasteiger partial charge on any atom is -0.366 e. The lowest BCUT2D eigenvalue weighted by molar-refractivity contribution is 0.0982.